The molecule has 0 saturated carbocycles. The molecule has 0 fully saturated rings. The second-order valence-electron chi connectivity index (χ2n) is 1.81. The van der Waals surface area contributed by atoms with Gasteiger partial charge >= 0.3 is 0 Å². The van der Waals surface area contributed by atoms with Crippen LogP contribution in [-0.4, -0.2) is 0 Å². The van der Waals surface area contributed by atoms with Gasteiger partial charge in [0, 0.05) is 3.58 Å². The van der Waals surface area contributed by atoms with Crippen LogP contribution < -0.4 is 0 Å². The summed E-state index contributed by atoms with van der Waals surface area (Å²) in [6, 6.07) is 0. The van der Waals surface area contributed by atoms with Gasteiger partial charge < -0.3 is 0 Å². The Kier molecular flexibility index (Phi) is 2.52. The molecule has 0 aliphatic heterocycles. The first kappa shape index (κ1) is 7.54. The zero-order valence-corrected chi connectivity index (χ0v) is 7.54. The first-order valence-electron chi connectivity index (χ1n) is 2.62. The van der Waals surface area contributed by atoms with Crippen molar-refractivity contribution in [2.75, 3.05) is 0 Å². The van der Waals surface area contributed by atoms with Gasteiger partial charge in [0.25, 0.3) is 0 Å². The summed E-state index contributed by atoms with van der Waals surface area (Å²) in [4.78, 5) is 0. The zero-order chi connectivity index (χ0) is 6.85. The molecule has 3 heteroatoms. The van der Waals surface area contributed by atoms with Gasteiger partial charge in [0.15, 0.2) is 5.83 Å². The van der Waals surface area contributed by atoms with Gasteiger partial charge in [-0.15, -0.1) is 0 Å². The van der Waals surface area contributed by atoms with E-state index in [1.54, 1.807) is 6.08 Å². The first-order chi connectivity index (χ1) is 4.22. The van der Waals surface area contributed by atoms with E-state index in [0.29, 0.717) is 0 Å². The maximum Gasteiger partial charge on any atom is 0.150 e. The van der Waals surface area contributed by atoms with Crippen molar-refractivity contribution in [3.8, 4) is 0 Å². The Morgan fingerprint density at radius 2 is 2.33 bits per heavy atom. The highest BCUT2D eigenvalue weighted by Gasteiger charge is 2.10. The molecule has 9 heavy (non-hydrogen) atoms. The highest BCUT2D eigenvalue weighted by atomic mass is 127. The van der Waals surface area contributed by atoms with Gasteiger partial charge in [-0.1, -0.05) is 17.7 Å². The van der Waals surface area contributed by atoms with E-state index < -0.39 is 0 Å². The second kappa shape index (κ2) is 3.01. The van der Waals surface area contributed by atoms with Crippen LogP contribution in [-0.2, 0) is 0 Å². The summed E-state index contributed by atoms with van der Waals surface area (Å²) in [5.74, 6) is -0.247. The molecule has 0 spiro atoms. The van der Waals surface area contributed by atoms with Gasteiger partial charge in [-0.2, -0.15) is 0 Å². The van der Waals surface area contributed by atoms with Gasteiger partial charge in [0.1, 0.15) is 0 Å². The predicted molar refractivity (Wildman–Crippen MR) is 45.3 cm³/mol. The third-order valence-corrected chi connectivity index (χ3v) is 2.47. The average Bonchev–Trinajstić information content (AvgIpc) is 1.83. The molecule has 1 rings (SSSR count). The van der Waals surface area contributed by atoms with E-state index in [4.69, 9.17) is 11.6 Å². The molecule has 0 atom stereocenters. The standard InChI is InChI=1S/C6H5ClFI/c7-4-2-1-3-5(9)6(4)8/h2H,1,3H2. The summed E-state index contributed by atoms with van der Waals surface area (Å²) in [6.07, 6.45) is 3.37. The third kappa shape index (κ3) is 1.67. The lowest BCUT2D eigenvalue weighted by molar-refractivity contribution is 0.645. The van der Waals surface area contributed by atoms with Crippen molar-refractivity contribution in [3.05, 3.63) is 20.5 Å². The maximum absolute atomic E-state index is 12.6. The monoisotopic (exact) mass is 258 g/mol. The highest BCUT2D eigenvalue weighted by Crippen LogP contribution is 2.32. The number of hydrogen-bond donors (Lipinski definition) is 0. The van der Waals surface area contributed by atoms with Crippen LogP contribution in [0.2, 0.25) is 0 Å². The molecule has 0 aromatic heterocycles. The molecule has 1 aliphatic rings. The minimum Gasteiger partial charge on any atom is -0.205 e. The molecule has 0 amide bonds. The van der Waals surface area contributed by atoms with E-state index in [1.165, 1.54) is 0 Å². The Balaban J connectivity index is 2.88. The lowest BCUT2D eigenvalue weighted by Gasteiger charge is -2.05. The number of halogens is 3. The second-order valence-corrected chi connectivity index (χ2v) is 3.52. The molecule has 0 heterocycles. The molecule has 0 nitrogen and oxygen atoms in total. The van der Waals surface area contributed by atoms with Crippen molar-refractivity contribution in [2.45, 2.75) is 12.8 Å². The van der Waals surface area contributed by atoms with E-state index in [-0.39, 0.29) is 10.9 Å². The van der Waals surface area contributed by atoms with E-state index >= 15 is 0 Å². The molecule has 1 aliphatic carbocycles. The quantitative estimate of drug-likeness (QED) is 0.583. The largest absolute Gasteiger partial charge is 0.205 e. The molecule has 0 aromatic carbocycles. The normalized spacial score (nSPS) is 20.1. The van der Waals surface area contributed by atoms with Gasteiger partial charge in [-0.3, -0.25) is 0 Å². The summed E-state index contributed by atoms with van der Waals surface area (Å²) in [5.41, 5.74) is 0. The van der Waals surface area contributed by atoms with Crippen molar-refractivity contribution in [2.24, 2.45) is 0 Å². The Bertz CT molecular complexity index is 183. The molecule has 0 radical (unpaired) electrons. The Labute approximate surface area is 71.9 Å². The van der Waals surface area contributed by atoms with Crippen molar-refractivity contribution in [1.82, 2.24) is 0 Å². The highest BCUT2D eigenvalue weighted by molar-refractivity contribution is 14.1. The smallest absolute Gasteiger partial charge is 0.150 e. The van der Waals surface area contributed by atoms with Crippen LogP contribution >= 0.6 is 34.2 Å². The van der Waals surface area contributed by atoms with Crippen molar-refractivity contribution >= 4 is 34.2 Å². The van der Waals surface area contributed by atoms with Crippen LogP contribution in [0.1, 0.15) is 12.8 Å². The van der Waals surface area contributed by atoms with E-state index in [2.05, 4.69) is 0 Å². The lowest BCUT2D eigenvalue weighted by Crippen LogP contribution is -1.87. The van der Waals surface area contributed by atoms with Crippen molar-refractivity contribution in [1.29, 1.82) is 0 Å². The Morgan fingerprint density at radius 1 is 1.67 bits per heavy atom. The van der Waals surface area contributed by atoms with E-state index in [1.807, 2.05) is 22.6 Å². The van der Waals surface area contributed by atoms with E-state index in [0.717, 1.165) is 16.4 Å². The SMILES string of the molecule is FC1=C(I)CCC=C1Cl. The maximum atomic E-state index is 12.6. The Morgan fingerprint density at radius 3 is 2.78 bits per heavy atom. The van der Waals surface area contributed by atoms with Crippen molar-refractivity contribution in [3.63, 3.8) is 0 Å². The first-order valence-corrected chi connectivity index (χ1v) is 4.07. The fourth-order valence-electron chi connectivity index (χ4n) is 0.655. The average molecular weight is 258 g/mol. The minimum absolute atomic E-state index is 0.247. The van der Waals surface area contributed by atoms with Crippen LogP contribution in [0, 0.1) is 0 Å². The van der Waals surface area contributed by atoms with Crippen LogP contribution in [0.3, 0.4) is 0 Å². The summed E-state index contributed by atoms with van der Waals surface area (Å²) in [6.45, 7) is 0. The molecule has 50 valence electrons. The third-order valence-electron chi connectivity index (χ3n) is 1.14. The van der Waals surface area contributed by atoms with Gasteiger partial charge in [0.2, 0.25) is 0 Å². The Hall–Kier alpha value is 0.430. The molecule has 0 unspecified atom stereocenters. The van der Waals surface area contributed by atoms with Crippen LogP contribution in [0.4, 0.5) is 4.39 Å². The summed E-state index contributed by atoms with van der Waals surface area (Å²) < 4.78 is 13.4. The molecule has 0 aromatic rings. The van der Waals surface area contributed by atoms with Crippen LogP contribution in [0.5, 0.6) is 0 Å². The van der Waals surface area contributed by atoms with Gasteiger partial charge in [0.05, 0.1) is 5.03 Å². The molecule has 0 N–H and O–H groups in total. The fraction of sp³-hybridized carbons (Fsp3) is 0.333. The van der Waals surface area contributed by atoms with Crippen LogP contribution in [0.15, 0.2) is 20.5 Å². The lowest BCUT2D eigenvalue weighted by atomic mass is 10.2. The van der Waals surface area contributed by atoms with E-state index in [9.17, 15) is 4.39 Å². The summed E-state index contributed by atoms with van der Waals surface area (Å²) >= 11 is 7.46. The van der Waals surface area contributed by atoms with Crippen LogP contribution in [0.25, 0.3) is 0 Å². The summed E-state index contributed by atoms with van der Waals surface area (Å²) in [5, 5.41) is 0.269. The molecular formula is C6H5ClFI. The number of allylic oxidation sites excluding steroid dienone is 4. The molecule has 0 saturated heterocycles. The predicted octanol–water partition coefficient (Wildman–Crippen LogP) is 3.52. The topological polar surface area (TPSA) is 0 Å². The number of hydrogen-bond acceptors (Lipinski definition) is 0. The molecule has 0 bridgehead atoms. The zero-order valence-electron chi connectivity index (χ0n) is 4.63. The van der Waals surface area contributed by atoms with Gasteiger partial charge in [-0.05, 0) is 35.4 Å². The number of rotatable bonds is 0. The fourth-order valence-corrected chi connectivity index (χ4v) is 1.64. The van der Waals surface area contributed by atoms with Gasteiger partial charge in [-0.25, -0.2) is 4.39 Å². The summed E-state index contributed by atoms with van der Waals surface area (Å²) in [7, 11) is 0. The van der Waals surface area contributed by atoms with Crippen molar-refractivity contribution < 1.29 is 4.39 Å². The molecular weight excluding hydrogens is 253 g/mol. The minimum atomic E-state index is -0.247.